The van der Waals surface area contributed by atoms with Crippen LogP contribution in [0.5, 0.6) is 0 Å². The molecule has 0 amide bonds. The molecule has 0 spiro atoms. The van der Waals surface area contributed by atoms with Gasteiger partial charge in [-0.15, -0.1) is 35.7 Å². The number of guanidine groups is 1. The van der Waals surface area contributed by atoms with Gasteiger partial charge in [-0.25, -0.2) is 0 Å². The average molecular weight is 462 g/mol. The van der Waals surface area contributed by atoms with Gasteiger partial charge in [0.15, 0.2) is 5.96 Å². The second-order valence-corrected chi connectivity index (χ2v) is 7.29. The first kappa shape index (κ1) is 21.6. The first-order valence-electron chi connectivity index (χ1n) is 8.59. The maximum absolute atomic E-state index is 4.30. The highest BCUT2D eigenvalue weighted by Gasteiger charge is 2.16. The molecule has 4 nitrogen and oxygen atoms in total. The van der Waals surface area contributed by atoms with Crippen molar-refractivity contribution in [2.45, 2.75) is 24.2 Å². The summed E-state index contributed by atoms with van der Waals surface area (Å²) in [6.45, 7) is 4.43. The summed E-state index contributed by atoms with van der Waals surface area (Å²) in [6, 6.07) is 10.5. The third kappa shape index (κ3) is 8.58. The van der Waals surface area contributed by atoms with Crippen LogP contribution in [0, 0.1) is 5.92 Å². The highest BCUT2D eigenvalue weighted by molar-refractivity contribution is 14.0. The highest BCUT2D eigenvalue weighted by Crippen LogP contribution is 2.18. The van der Waals surface area contributed by atoms with E-state index >= 15 is 0 Å². The molecule has 0 aliphatic carbocycles. The minimum atomic E-state index is 0. The van der Waals surface area contributed by atoms with Crippen molar-refractivity contribution in [1.82, 2.24) is 15.5 Å². The van der Waals surface area contributed by atoms with Crippen molar-refractivity contribution < 1.29 is 0 Å². The fraction of sp³-hybridized carbons (Fsp3) is 0.611. The van der Waals surface area contributed by atoms with Crippen molar-refractivity contribution in [3.8, 4) is 0 Å². The molecule has 6 heteroatoms. The molecule has 0 atom stereocenters. The molecule has 1 saturated heterocycles. The maximum atomic E-state index is 4.30. The molecule has 0 unspecified atom stereocenters. The minimum absolute atomic E-state index is 0. The predicted molar refractivity (Wildman–Crippen MR) is 117 cm³/mol. The van der Waals surface area contributed by atoms with Gasteiger partial charge in [0, 0.05) is 30.8 Å². The average Bonchev–Trinajstić information content (AvgIpc) is 2.59. The predicted octanol–water partition coefficient (Wildman–Crippen LogP) is 3.29. The summed E-state index contributed by atoms with van der Waals surface area (Å²) in [6.07, 6.45) is 3.91. The Morgan fingerprint density at radius 1 is 1.17 bits per heavy atom. The fourth-order valence-electron chi connectivity index (χ4n) is 2.82. The number of nitrogens with one attached hydrogen (secondary N) is 2. The van der Waals surface area contributed by atoms with E-state index in [1.807, 2.05) is 18.8 Å². The summed E-state index contributed by atoms with van der Waals surface area (Å²) in [5.41, 5.74) is 0. The van der Waals surface area contributed by atoms with Gasteiger partial charge in [-0.05, 0) is 57.5 Å². The van der Waals surface area contributed by atoms with Crippen LogP contribution in [0.1, 0.15) is 19.3 Å². The lowest BCUT2D eigenvalue weighted by Gasteiger charge is -2.29. The summed E-state index contributed by atoms with van der Waals surface area (Å²) in [4.78, 5) is 8.05. The lowest BCUT2D eigenvalue weighted by atomic mass is 9.94. The third-order valence-electron chi connectivity index (χ3n) is 4.31. The van der Waals surface area contributed by atoms with Crippen LogP contribution in [-0.4, -0.2) is 56.9 Å². The molecular weight excluding hydrogens is 431 g/mol. The van der Waals surface area contributed by atoms with Crippen LogP contribution in [0.25, 0.3) is 0 Å². The normalized spacial score (nSPS) is 16.5. The van der Waals surface area contributed by atoms with Crippen molar-refractivity contribution in [3.63, 3.8) is 0 Å². The van der Waals surface area contributed by atoms with Gasteiger partial charge in [-0.2, -0.15) is 0 Å². The van der Waals surface area contributed by atoms with Crippen LogP contribution < -0.4 is 10.6 Å². The topological polar surface area (TPSA) is 39.7 Å². The number of thioether (sulfide) groups is 1. The summed E-state index contributed by atoms with van der Waals surface area (Å²) in [5.74, 6) is 2.83. The molecule has 1 aromatic carbocycles. The van der Waals surface area contributed by atoms with E-state index in [-0.39, 0.29) is 24.0 Å². The van der Waals surface area contributed by atoms with Crippen LogP contribution in [0.4, 0.5) is 0 Å². The molecule has 0 radical (unpaired) electrons. The molecule has 0 bridgehead atoms. The monoisotopic (exact) mass is 462 g/mol. The van der Waals surface area contributed by atoms with E-state index in [4.69, 9.17) is 0 Å². The Kier molecular flexibility index (Phi) is 11.5. The van der Waals surface area contributed by atoms with Crippen molar-refractivity contribution >= 4 is 41.7 Å². The lowest BCUT2D eigenvalue weighted by molar-refractivity contribution is 0.213. The number of aliphatic imine (C=N–C) groups is 1. The zero-order valence-corrected chi connectivity index (χ0v) is 18.0. The number of hydrogen-bond donors (Lipinski definition) is 2. The van der Waals surface area contributed by atoms with Gasteiger partial charge in [0.1, 0.15) is 0 Å². The molecule has 1 aliphatic rings. The number of hydrogen-bond acceptors (Lipinski definition) is 3. The van der Waals surface area contributed by atoms with E-state index in [9.17, 15) is 0 Å². The first-order chi connectivity index (χ1) is 11.3. The van der Waals surface area contributed by atoms with Gasteiger partial charge in [-0.3, -0.25) is 4.99 Å². The molecule has 2 N–H and O–H groups in total. The van der Waals surface area contributed by atoms with Gasteiger partial charge in [0.2, 0.25) is 0 Å². The standard InChI is InChI=1S/C18H30N4S.HI/c1-19-18(20-11-8-16-9-13-22(2)14-10-16)21-12-15-23-17-6-4-3-5-7-17;/h3-7,16H,8-15H2,1-2H3,(H2,19,20,21);1H. The van der Waals surface area contributed by atoms with Crippen molar-refractivity contribution in [3.05, 3.63) is 30.3 Å². The van der Waals surface area contributed by atoms with E-state index in [1.54, 1.807) is 0 Å². The second kappa shape index (κ2) is 12.8. The molecule has 0 saturated carbocycles. The second-order valence-electron chi connectivity index (χ2n) is 6.12. The number of halogens is 1. The Labute approximate surface area is 168 Å². The summed E-state index contributed by atoms with van der Waals surface area (Å²) in [5, 5.41) is 6.84. The number of rotatable bonds is 7. The summed E-state index contributed by atoms with van der Waals surface area (Å²) in [7, 11) is 4.06. The molecule has 136 valence electrons. The minimum Gasteiger partial charge on any atom is -0.356 e. The van der Waals surface area contributed by atoms with E-state index in [0.29, 0.717) is 0 Å². The zero-order valence-electron chi connectivity index (χ0n) is 14.8. The first-order valence-corrected chi connectivity index (χ1v) is 9.57. The van der Waals surface area contributed by atoms with Crippen LogP contribution >= 0.6 is 35.7 Å². The van der Waals surface area contributed by atoms with Crippen LogP contribution in [0.2, 0.25) is 0 Å². The van der Waals surface area contributed by atoms with Crippen LogP contribution in [-0.2, 0) is 0 Å². The number of piperidine rings is 1. The summed E-state index contributed by atoms with van der Waals surface area (Å²) >= 11 is 1.87. The maximum Gasteiger partial charge on any atom is 0.191 e. The van der Waals surface area contributed by atoms with Crippen molar-refractivity contribution in [1.29, 1.82) is 0 Å². The van der Waals surface area contributed by atoms with Gasteiger partial charge < -0.3 is 15.5 Å². The van der Waals surface area contributed by atoms with E-state index < -0.39 is 0 Å². The Hall–Kier alpha value is -0.470. The molecule has 1 fully saturated rings. The zero-order chi connectivity index (χ0) is 16.3. The quantitative estimate of drug-likeness (QED) is 0.215. The highest BCUT2D eigenvalue weighted by atomic mass is 127. The Morgan fingerprint density at radius 2 is 1.83 bits per heavy atom. The number of benzene rings is 1. The van der Waals surface area contributed by atoms with Gasteiger partial charge >= 0.3 is 0 Å². The molecule has 1 heterocycles. The third-order valence-corrected chi connectivity index (χ3v) is 5.33. The molecule has 1 aliphatic heterocycles. The Morgan fingerprint density at radius 3 is 2.50 bits per heavy atom. The van der Waals surface area contributed by atoms with E-state index in [0.717, 1.165) is 30.7 Å². The number of likely N-dealkylation sites (tertiary alicyclic amines) is 1. The van der Waals surface area contributed by atoms with Crippen LogP contribution in [0.3, 0.4) is 0 Å². The van der Waals surface area contributed by atoms with Crippen LogP contribution in [0.15, 0.2) is 40.2 Å². The van der Waals surface area contributed by atoms with Crippen molar-refractivity contribution in [2.24, 2.45) is 10.9 Å². The summed E-state index contributed by atoms with van der Waals surface area (Å²) < 4.78 is 0. The number of nitrogens with zero attached hydrogens (tertiary/aromatic N) is 2. The van der Waals surface area contributed by atoms with Gasteiger partial charge in [0.05, 0.1) is 0 Å². The molecule has 2 rings (SSSR count). The molecule has 1 aromatic rings. The van der Waals surface area contributed by atoms with Crippen molar-refractivity contribution in [2.75, 3.05) is 46.0 Å². The Bertz CT molecular complexity index is 461. The van der Waals surface area contributed by atoms with Gasteiger partial charge in [-0.1, -0.05) is 18.2 Å². The Balaban J connectivity index is 0.00000288. The van der Waals surface area contributed by atoms with Gasteiger partial charge in [0.25, 0.3) is 0 Å². The lowest BCUT2D eigenvalue weighted by Crippen LogP contribution is -2.40. The largest absolute Gasteiger partial charge is 0.356 e. The molecule has 24 heavy (non-hydrogen) atoms. The SMILES string of the molecule is CN=C(NCCSc1ccccc1)NCCC1CCN(C)CC1.I. The molecule has 0 aromatic heterocycles. The van der Waals surface area contributed by atoms with E-state index in [1.165, 1.54) is 37.2 Å². The fourth-order valence-corrected chi connectivity index (χ4v) is 3.61. The molecular formula is C18H31IN4S. The van der Waals surface area contributed by atoms with E-state index in [2.05, 4.69) is 57.9 Å². The smallest absolute Gasteiger partial charge is 0.191 e.